The van der Waals surface area contributed by atoms with Crippen molar-refractivity contribution >= 4 is 5.97 Å². The second-order valence-electron chi connectivity index (χ2n) is 9.48. The van der Waals surface area contributed by atoms with Gasteiger partial charge in [0.05, 0.1) is 27.2 Å². The van der Waals surface area contributed by atoms with Gasteiger partial charge >= 0.3 is 5.97 Å². The first-order valence-electron chi connectivity index (χ1n) is 12.7. The Morgan fingerprint density at radius 2 is 1.31 bits per heavy atom. The lowest BCUT2D eigenvalue weighted by atomic mass is 9.65. The van der Waals surface area contributed by atoms with Gasteiger partial charge in [-0.1, -0.05) is 73.7 Å². The summed E-state index contributed by atoms with van der Waals surface area (Å²) < 4.78 is 22.6. The van der Waals surface area contributed by atoms with Crippen LogP contribution < -0.4 is 18.9 Å². The molecular formula is C33H34O6. The van der Waals surface area contributed by atoms with Gasteiger partial charge in [0.2, 0.25) is 0 Å². The third kappa shape index (κ3) is 6.01. The first-order chi connectivity index (χ1) is 18.9. The Labute approximate surface area is 229 Å². The number of para-hydroxylation sites is 1. The van der Waals surface area contributed by atoms with E-state index in [9.17, 15) is 9.90 Å². The van der Waals surface area contributed by atoms with E-state index in [1.54, 1.807) is 21.3 Å². The molecule has 0 aliphatic rings. The summed E-state index contributed by atoms with van der Waals surface area (Å²) >= 11 is 0. The number of aliphatic carboxylic acids is 1. The van der Waals surface area contributed by atoms with Crippen LogP contribution in [0.4, 0.5) is 0 Å². The van der Waals surface area contributed by atoms with E-state index in [0.717, 1.165) is 22.3 Å². The van der Waals surface area contributed by atoms with Gasteiger partial charge in [-0.05, 0) is 59.0 Å². The van der Waals surface area contributed by atoms with Gasteiger partial charge in [0.1, 0.15) is 18.1 Å². The molecule has 0 aromatic heterocycles. The molecule has 0 heterocycles. The van der Waals surface area contributed by atoms with Crippen molar-refractivity contribution in [1.29, 1.82) is 0 Å². The second-order valence-corrected chi connectivity index (χ2v) is 9.48. The van der Waals surface area contributed by atoms with Crippen molar-refractivity contribution in [3.8, 4) is 23.0 Å². The topological polar surface area (TPSA) is 74.2 Å². The Kier molecular flexibility index (Phi) is 8.77. The monoisotopic (exact) mass is 526 g/mol. The zero-order chi connectivity index (χ0) is 27.8. The average Bonchev–Trinajstić information content (AvgIpc) is 2.99. The van der Waals surface area contributed by atoms with E-state index in [0.29, 0.717) is 29.6 Å². The summed E-state index contributed by atoms with van der Waals surface area (Å²) in [7, 11) is 4.80. The minimum Gasteiger partial charge on any atom is -0.497 e. The number of ether oxygens (including phenoxy) is 4. The molecule has 1 N–H and O–H groups in total. The van der Waals surface area contributed by atoms with Gasteiger partial charge in [-0.15, -0.1) is 0 Å². The van der Waals surface area contributed by atoms with E-state index >= 15 is 0 Å². The number of benzene rings is 4. The van der Waals surface area contributed by atoms with Crippen LogP contribution in [0.25, 0.3) is 0 Å². The Balaban J connectivity index is 1.79. The van der Waals surface area contributed by atoms with Crippen LogP contribution in [-0.4, -0.2) is 32.4 Å². The molecule has 1 unspecified atom stereocenters. The van der Waals surface area contributed by atoms with Gasteiger partial charge in [0, 0.05) is 5.41 Å². The number of carboxylic acids is 1. The van der Waals surface area contributed by atoms with Crippen LogP contribution in [0, 0.1) is 5.92 Å². The highest BCUT2D eigenvalue weighted by Crippen LogP contribution is 2.44. The lowest BCUT2D eigenvalue weighted by Crippen LogP contribution is -2.40. The summed E-state index contributed by atoms with van der Waals surface area (Å²) in [5, 5.41) is 10.7. The minimum absolute atomic E-state index is 0.214. The van der Waals surface area contributed by atoms with Gasteiger partial charge in [0.15, 0.2) is 11.5 Å². The number of methoxy groups -OCH3 is 3. The van der Waals surface area contributed by atoms with Gasteiger partial charge in [-0.3, -0.25) is 4.79 Å². The quantitative estimate of drug-likeness (QED) is 0.226. The second kappa shape index (κ2) is 12.4. The fourth-order valence-electron chi connectivity index (χ4n) is 4.98. The molecule has 0 bridgehead atoms. The maximum atomic E-state index is 13.1. The molecule has 0 aliphatic heterocycles. The zero-order valence-electron chi connectivity index (χ0n) is 22.7. The standard InChI is InChI=1S/C33H34O6/c1-33(25-13-17-27(36-2)18-14-25,26-15-19-28(37-3)20-16-26)29(32(34)35)21-24-11-8-12-30(38-4)31(24)39-22-23-9-6-5-7-10-23/h5-20,29H,21-22H2,1-4H3,(H,34,35). The third-order valence-corrected chi connectivity index (χ3v) is 7.30. The summed E-state index contributed by atoms with van der Waals surface area (Å²) in [6.07, 6.45) is 0.214. The predicted octanol–water partition coefficient (Wildman–Crippen LogP) is 6.54. The Hall–Kier alpha value is -4.45. The highest BCUT2D eigenvalue weighted by Gasteiger charge is 2.43. The highest BCUT2D eigenvalue weighted by molar-refractivity contribution is 5.75. The molecule has 202 valence electrons. The fraction of sp³-hybridized carbons (Fsp3) is 0.242. The summed E-state index contributed by atoms with van der Waals surface area (Å²) in [5.41, 5.74) is 2.58. The average molecular weight is 527 g/mol. The molecule has 0 spiro atoms. The molecule has 4 aromatic rings. The number of hydrogen-bond acceptors (Lipinski definition) is 5. The van der Waals surface area contributed by atoms with Gasteiger partial charge < -0.3 is 24.1 Å². The van der Waals surface area contributed by atoms with E-state index in [1.807, 2.05) is 104 Å². The summed E-state index contributed by atoms with van der Waals surface area (Å²) in [4.78, 5) is 13.1. The van der Waals surface area contributed by atoms with Crippen molar-refractivity contribution in [2.24, 2.45) is 5.92 Å². The fourth-order valence-corrected chi connectivity index (χ4v) is 4.98. The van der Waals surface area contributed by atoms with E-state index in [2.05, 4.69) is 0 Å². The van der Waals surface area contributed by atoms with Crippen LogP contribution in [0.3, 0.4) is 0 Å². The molecule has 6 nitrogen and oxygen atoms in total. The number of hydrogen-bond donors (Lipinski definition) is 1. The number of carbonyl (C=O) groups is 1. The lowest BCUT2D eigenvalue weighted by molar-refractivity contribution is -0.143. The molecule has 6 heteroatoms. The molecule has 0 saturated carbocycles. The van der Waals surface area contributed by atoms with Crippen LogP contribution in [0.15, 0.2) is 97.1 Å². The maximum Gasteiger partial charge on any atom is 0.308 e. The normalized spacial score (nSPS) is 11.9. The molecule has 0 radical (unpaired) electrons. The molecule has 0 amide bonds. The smallest absolute Gasteiger partial charge is 0.308 e. The SMILES string of the molecule is COc1ccc(C(C)(c2ccc(OC)cc2)C(Cc2cccc(OC)c2OCc2ccccc2)C(=O)O)cc1. The Bertz CT molecular complexity index is 1320. The molecule has 1 atom stereocenters. The summed E-state index contributed by atoms with van der Waals surface area (Å²) in [6.45, 7) is 2.31. The first-order valence-corrected chi connectivity index (χ1v) is 12.7. The van der Waals surface area contributed by atoms with Crippen molar-refractivity contribution in [1.82, 2.24) is 0 Å². The predicted molar refractivity (Wildman–Crippen MR) is 151 cm³/mol. The molecule has 0 fully saturated rings. The Morgan fingerprint density at radius 1 is 0.744 bits per heavy atom. The lowest BCUT2D eigenvalue weighted by Gasteiger charge is -2.37. The molecule has 0 aliphatic carbocycles. The largest absolute Gasteiger partial charge is 0.497 e. The van der Waals surface area contributed by atoms with Gasteiger partial charge in [0.25, 0.3) is 0 Å². The van der Waals surface area contributed by atoms with Crippen molar-refractivity contribution in [2.45, 2.75) is 25.4 Å². The van der Waals surface area contributed by atoms with Crippen molar-refractivity contribution in [3.63, 3.8) is 0 Å². The van der Waals surface area contributed by atoms with Crippen LogP contribution in [0.5, 0.6) is 23.0 Å². The van der Waals surface area contributed by atoms with Crippen molar-refractivity contribution in [2.75, 3.05) is 21.3 Å². The molecule has 0 saturated heterocycles. The molecule has 4 aromatic carbocycles. The van der Waals surface area contributed by atoms with Crippen LogP contribution in [-0.2, 0) is 23.2 Å². The first kappa shape index (κ1) is 27.6. The zero-order valence-corrected chi connectivity index (χ0v) is 22.7. The maximum absolute atomic E-state index is 13.1. The van der Waals surface area contributed by atoms with E-state index in [-0.39, 0.29) is 6.42 Å². The molecule has 39 heavy (non-hydrogen) atoms. The van der Waals surface area contributed by atoms with Gasteiger partial charge in [-0.25, -0.2) is 0 Å². The summed E-state index contributed by atoms with van der Waals surface area (Å²) in [5.74, 6) is 0.746. The van der Waals surface area contributed by atoms with Crippen molar-refractivity contribution < 1.29 is 28.8 Å². The minimum atomic E-state index is -0.916. The van der Waals surface area contributed by atoms with Gasteiger partial charge in [-0.2, -0.15) is 0 Å². The van der Waals surface area contributed by atoms with E-state index in [4.69, 9.17) is 18.9 Å². The highest BCUT2D eigenvalue weighted by atomic mass is 16.5. The van der Waals surface area contributed by atoms with Crippen molar-refractivity contribution in [3.05, 3.63) is 119 Å². The number of carboxylic acid groups (broad SMARTS) is 1. The number of rotatable bonds is 12. The third-order valence-electron chi connectivity index (χ3n) is 7.30. The van der Waals surface area contributed by atoms with Crippen LogP contribution in [0.2, 0.25) is 0 Å². The Morgan fingerprint density at radius 3 is 1.79 bits per heavy atom. The van der Waals surface area contributed by atoms with E-state index in [1.165, 1.54) is 0 Å². The molecular weight excluding hydrogens is 492 g/mol. The van der Waals surface area contributed by atoms with Crippen LogP contribution >= 0.6 is 0 Å². The summed E-state index contributed by atoms with van der Waals surface area (Å²) in [6, 6.07) is 30.6. The van der Waals surface area contributed by atoms with E-state index < -0.39 is 17.3 Å². The molecule has 4 rings (SSSR count). The van der Waals surface area contributed by atoms with Crippen LogP contribution in [0.1, 0.15) is 29.2 Å².